The fourth-order valence-corrected chi connectivity index (χ4v) is 5.64. The number of amides is 1. The fraction of sp³-hybridized carbons (Fsp3) is 0.172. The zero-order valence-corrected chi connectivity index (χ0v) is 23.7. The minimum absolute atomic E-state index is 0.104. The molecule has 0 atom stereocenters. The molecule has 0 radical (unpaired) electrons. The smallest absolute Gasteiger partial charge is 0.265 e. The maximum Gasteiger partial charge on any atom is 0.265 e. The van der Waals surface area contributed by atoms with E-state index in [4.69, 9.17) is 25.8 Å². The van der Waals surface area contributed by atoms with Crippen molar-refractivity contribution in [3.63, 3.8) is 0 Å². The van der Waals surface area contributed by atoms with Crippen LogP contribution in [-0.2, 0) is 21.2 Å². The Kier molecular flexibility index (Phi) is 9.13. The summed E-state index contributed by atoms with van der Waals surface area (Å²) in [7, 11) is -0.0381. The van der Waals surface area contributed by atoms with Crippen LogP contribution in [0.4, 0.5) is 11.4 Å². The maximum atomic E-state index is 13.9. The fourth-order valence-electron chi connectivity index (χ4n) is 4.04. The first kappa shape index (κ1) is 28.7. The average molecular weight is 582 g/mol. The highest BCUT2D eigenvalue weighted by Gasteiger charge is 2.30. The Morgan fingerprint density at radius 3 is 2.10 bits per heavy atom. The van der Waals surface area contributed by atoms with Crippen molar-refractivity contribution < 1.29 is 27.4 Å². The van der Waals surface area contributed by atoms with Gasteiger partial charge in [0, 0.05) is 29.2 Å². The lowest BCUT2D eigenvalue weighted by atomic mass is 10.1. The molecular weight excluding hydrogens is 554 g/mol. The van der Waals surface area contributed by atoms with Crippen LogP contribution in [0.5, 0.6) is 17.2 Å². The van der Waals surface area contributed by atoms with Crippen LogP contribution in [-0.4, -0.2) is 47.2 Å². The normalized spacial score (nSPS) is 11.0. The molecule has 0 aliphatic heterocycles. The molecule has 1 N–H and O–H groups in total. The minimum Gasteiger partial charge on any atom is -0.495 e. The number of nitrogens with one attached hydrogen (secondary N) is 1. The van der Waals surface area contributed by atoms with Gasteiger partial charge in [0.2, 0.25) is 5.91 Å². The SMILES string of the molecule is COc1ccc(S(=O)(=O)N(CC(=O)Nc2ccc(Cc3ccncc3)cc2)c2cc(Cl)ccc2OC)cc1OC. The molecule has 9 nitrogen and oxygen atoms in total. The van der Waals surface area contributed by atoms with Crippen molar-refractivity contribution in [2.75, 3.05) is 37.5 Å². The van der Waals surface area contributed by atoms with Gasteiger partial charge >= 0.3 is 0 Å². The van der Waals surface area contributed by atoms with Crippen molar-refractivity contribution in [2.45, 2.75) is 11.3 Å². The standard InChI is InChI=1S/C29H28ClN3O6S/c1-37-26-10-6-22(30)17-25(26)33(40(35,36)24-9-11-27(38-2)28(18-24)39-3)19-29(34)32-23-7-4-20(5-8-23)16-21-12-14-31-15-13-21/h4-15,17-18H,16,19H2,1-3H3,(H,32,34). The summed E-state index contributed by atoms with van der Waals surface area (Å²) in [6, 6.07) is 19.9. The summed E-state index contributed by atoms with van der Waals surface area (Å²) < 4.78 is 44.8. The third-order valence-corrected chi connectivity index (χ3v) is 8.03. The van der Waals surface area contributed by atoms with Crippen LogP contribution < -0.4 is 23.8 Å². The van der Waals surface area contributed by atoms with E-state index < -0.39 is 22.5 Å². The number of hydrogen-bond donors (Lipinski definition) is 1. The van der Waals surface area contributed by atoms with Gasteiger partial charge in [-0.05, 0) is 72.1 Å². The van der Waals surface area contributed by atoms with Gasteiger partial charge < -0.3 is 19.5 Å². The van der Waals surface area contributed by atoms with E-state index in [-0.39, 0.29) is 27.1 Å². The summed E-state index contributed by atoms with van der Waals surface area (Å²) in [5.74, 6) is 0.242. The van der Waals surface area contributed by atoms with Crippen molar-refractivity contribution in [2.24, 2.45) is 0 Å². The van der Waals surface area contributed by atoms with Crippen molar-refractivity contribution >= 4 is 38.9 Å². The molecular formula is C29H28ClN3O6S. The monoisotopic (exact) mass is 581 g/mol. The van der Waals surface area contributed by atoms with Crippen molar-refractivity contribution in [1.82, 2.24) is 4.98 Å². The van der Waals surface area contributed by atoms with E-state index in [1.165, 1.54) is 51.7 Å². The molecule has 4 rings (SSSR count). The molecule has 0 aliphatic rings. The lowest BCUT2D eigenvalue weighted by molar-refractivity contribution is -0.114. The Labute approximate surface area is 238 Å². The molecule has 0 saturated heterocycles. The predicted octanol–water partition coefficient (Wildman–Crippen LogP) is 5.19. The number of rotatable bonds is 11. The first-order valence-electron chi connectivity index (χ1n) is 12.1. The quantitative estimate of drug-likeness (QED) is 0.260. The number of hydrogen-bond acceptors (Lipinski definition) is 7. The summed E-state index contributed by atoms with van der Waals surface area (Å²) in [4.78, 5) is 17.1. The minimum atomic E-state index is -4.30. The highest BCUT2D eigenvalue weighted by molar-refractivity contribution is 7.92. The van der Waals surface area contributed by atoms with Crippen molar-refractivity contribution in [1.29, 1.82) is 0 Å². The molecule has 1 heterocycles. The van der Waals surface area contributed by atoms with Gasteiger partial charge in [0.05, 0.1) is 31.9 Å². The van der Waals surface area contributed by atoms with Crippen LogP contribution >= 0.6 is 11.6 Å². The molecule has 0 bridgehead atoms. The number of methoxy groups -OCH3 is 3. The molecule has 1 amide bonds. The van der Waals surface area contributed by atoms with Gasteiger partial charge in [0.15, 0.2) is 11.5 Å². The third kappa shape index (κ3) is 6.64. The highest BCUT2D eigenvalue weighted by Crippen LogP contribution is 2.37. The van der Waals surface area contributed by atoms with E-state index in [2.05, 4.69) is 10.3 Å². The summed E-state index contributed by atoms with van der Waals surface area (Å²) in [6.07, 6.45) is 4.18. The summed E-state index contributed by atoms with van der Waals surface area (Å²) in [5.41, 5.74) is 2.78. The Bertz CT molecular complexity index is 1580. The van der Waals surface area contributed by atoms with E-state index in [1.54, 1.807) is 30.6 Å². The topological polar surface area (TPSA) is 107 Å². The van der Waals surface area contributed by atoms with E-state index in [1.807, 2.05) is 24.3 Å². The van der Waals surface area contributed by atoms with Crippen LogP contribution in [0.15, 0.2) is 90.1 Å². The second kappa shape index (κ2) is 12.7. The number of carbonyl (C=O) groups excluding carboxylic acids is 1. The third-order valence-electron chi connectivity index (χ3n) is 6.04. The molecule has 0 spiro atoms. The predicted molar refractivity (Wildman–Crippen MR) is 154 cm³/mol. The lowest BCUT2D eigenvalue weighted by Gasteiger charge is -2.26. The van der Waals surface area contributed by atoms with Gasteiger partial charge in [-0.2, -0.15) is 0 Å². The molecule has 0 unspecified atom stereocenters. The second-order valence-corrected chi connectivity index (χ2v) is 10.9. The van der Waals surface area contributed by atoms with E-state index in [0.29, 0.717) is 17.9 Å². The van der Waals surface area contributed by atoms with Gasteiger partial charge in [0.25, 0.3) is 10.0 Å². The maximum absolute atomic E-state index is 13.9. The van der Waals surface area contributed by atoms with Crippen LogP contribution in [0.2, 0.25) is 5.02 Å². The van der Waals surface area contributed by atoms with Gasteiger partial charge in [-0.15, -0.1) is 0 Å². The molecule has 1 aromatic heterocycles. The first-order valence-corrected chi connectivity index (χ1v) is 13.9. The highest BCUT2D eigenvalue weighted by atomic mass is 35.5. The summed E-state index contributed by atoms with van der Waals surface area (Å²) in [5, 5.41) is 3.05. The number of benzene rings is 3. The van der Waals surface area contributed by atoms with Crippen LogP contribution in [0.25, 0.3) is 0 Å². The average Bonchev–Trinajstić information content (AvgIpc) is 2.97. The molecule has 4 aromatic rings. The Hall–Kier alpha value is -4.28. The Balaban J connectivity index is 1.63. The van der Waals surface area contributed by atoms with E-state index in [0.717, 1.165) is 15.4 Å². The molecule has 0 fully saturated rings. The molecule has 3 aromatic carbocycles. The van der Waals surface area contributed by atoms with Gasteiger partial charge in [-0.25, -0.2) is 8.42 Å². The number of ether oxygens (including phenoxy) is 3. The summed E-state index contributed by atoms with van der Waals surface area (Å²) in [6.45, 7) is -0.549. The number of halogens is 1. The second-order valence-electron chi connectivity index (χ2n) is 8.62. The number of carbonyl (C=O) groups is 1. The number of sulfonamides is 1. The zero-order valence-electron chi connectivity index (χ0n) is 22.1. The molecule has 40 heavy (non-hydrogen) atoms. The lowest BCUT2D eigenvalue weighted by Crippen LogP contribution is -2.38. The number of pyridine rings is 1. The number of anilines is 2. The van der Waals surface area contributed by atoms with Crippen molar-refractivity contribution in [3.05, 3.63) is 101 Å². The van der Waals surface area contributed by atoms with E-state index >= 15 is 0 Å². The molecule has 11 heteroatoms. The van der Waals surface area contributed by atoms with Crippen LogP contribution in [0, 0.1) is 0 Å². The number of aromatic nitrogens is 1. The molecule has 208 valence electrons. The summed E-state index contributed by atoms with van der Waals surface area (Å²) >= 11 is 6.22. The van der Waals surface area contributed by atoms with Gasteiger partial charge in [0.1, 0.15) is 12.3 Å². The van der Waals surface area contributed by atoms with E-state index in [9.17, 15) is 13.2 Å². The molecule has 0 aliphatic carbocycles. The van der Waals surface area contributed by atoms with Crippen LogP contribution in [0.3, 0.4) is 0 Å². The van der Waals surface area contributed by atoms with Crippen molar-refractivity contribution in [3.8, 4) is 17.2 Å². The number of nitrogens with zero attached hydrogens (tertiary/aromatic N) is 2. The Morgan fingerprint density at radius 1 is 0.825 bits per heavy atom. The largest absolute Gasteiger partial charge is 0.495 e. The first-order chi connectivity index (χ1) is 19.2. The van der Waals surface area contributed by atoms with Crippen LogP contribution in [0.1, 0.15) is 11.1 Å². The van der Waals surface area contributed by atoms with Gasteiger partial charge in [-0.1, -0.05) is 23.7 Å². The zero-order chi connectivity index (χ0) is 28.7. The molecule has 0 saturated carbocycles. The van der Waals surface area contributed by atoms with Gasteiger partial charge in [-0.3, -0.25) is 14.1 Å². The Morgan fingerprint density at radius 2 is 1.45 bits per heavy atom.